The molecule has 0 radical (unpaired) electrons. The minimum Gasteiger partial charge on any atom is -0.314 e. The highest BCUT2D eigenvalue weighted by Crippen LogP contribution is 2.45. The van der Waals surface area contributed by atoms with Gasteiger partial charge in [-0.3, -0.25) is 4.79 Å². The zero-order valence-corrected chi connectivity index (χ0v) is 13.2. The van der Waals surface area contributed by atoms with E-state index in [4.69, 9.17) is 23.2 Å². The standard InChI is InChI=1S/C17H15Cl2NO/c1-20-15-8-7-13(19)9-14(15)17(11-18,16(20)21)10-12-5-3-2-4-6-12/h2-9H,10-11H2,1H3. The maximum absolute atomic E-state index is 12.8. The van der Waals surface area contributed by atoms with E-state index in [0.29, 0.717) is 11.4 Å². The maximum atomic E-state index is 12.8. The summed E-state index contributed by atoms with van der Waals surface area (Å²) in [5.41, 5.74) is 2.16. The van der Waals surface area contributed by atoms with Crippen molar-refractivity contribution < 1.29 is 4.79 Å². The second-order valence-corrected chi connectivity index (χ2v) is 6.11. The van der Waals surface area contributed by atoms with Crippen LogP contribution in [0.25, 0.3) is 0 Å². The van der Waals surface area contributed by atoms with Crippen LogP contribution in [0.15, 0.2) is 48.5 Å². The van der Waals surface area contributed by atoms with Crippen LogP contribution in [0.5, 0.6) is 0 Å². The molecule has 0 fully saturated rings. The summed E-state index contributed by atoms with van der Waals surface area (Å²) in [6.07, 6.45) is 0.577. The number of anilines is 1. The van der Waals surface area contributed by atoms with Crippen LogP contribution in [0.3, 0.4) is 0 Å². The summed E-state index contributed by atoms with van der Waals surface area (Å²) in [7, 11) is 1.79. The van der Waals surface area contributed by atoms with Gasteiger partial charge in [-0.1, -0.05) is 41.9 Å². The molecule has 108 valence electrons. The Morgan fingerprint density at radius 3 is 2.52 bits per heavy atom. The van der Waals surface area contributed by atoms with Crippen molar-refractivity contribution in [1.29, 1.82) is 0 Å². The van der Waals surface area contributed by atoms with Gasteiger partial charge in [-0.25, -0.2) is 0 Å². The number of rotatable bonds is 3. The Bertz CT molecular complexity index is 686. The predicted octanol–water partition coefficient (Wildman–Crippen LogP) is 4.04. The first kappa shape index (κ1) is 14.4. The molecule has 1 aliphatic rings. The lowest BCUT2D eigenvalue weighted by molar-refractivity contribution is -0.122. The van der Waals surface area contributed by atoms with Crippen molar-refractivity contribution in [1.82, 2.24) is 0 Å². The minimum absolute atomic E-state index is 0.0265. The van der Waals surface area contributed by atoms with Crippen molar-refractivity contribution in [2.24, 2.45) is 0 Å². The second kappa shape index (κ2) is 5.36. The smallest absolute Gasteiger partial charge is 0.239 e. The van der Waals surface area contributed by atoms with Crippen LogP contribution in [0.2, 0.25) is 5.02 Å². The molecule has 3 rings (SSSR count). The number of alkyl halides is 1. The van der Waals surface area contributed by atoms with Crippen LogP contribution < -0.4 is 4.90 Å². The number of fused-ring (bicyclic) bond motifs is 1. The molecule has 1 aliphatic heterocycles. The Hall–Kier alpha value is -1.51. The Kier molecular flexibility index (Phi) is 3.68. The number of nitrogens with zero attached hydrogens (tertiary/aromatic N) is 1. The Labute approximate surface area is 134 Å². The van der Waals surface area contributed by atoms with Gasteiger partial charge in [-0.2, -0.15) is 0 Å². The van der Waals surface area contributed by atoms with Gasteiger partial charge in [0.15, 0.2) is 0 Å². The lowest BCUT2D eigenvalue weighted by atomic mass is 9.78. The van der Waals surface area contributed by atoms with Gasteiger partial charge in [0.1, 0.15) is 0 Å². The Morgan fingerprint density at radius 1 is 1.14 bits per heavy atom. The molecule has 2 nitrogen and oxygen atoms in total. The molecule has 1 atom stereocenters. The van der Waals surface area contributed by atoms with Crippen molar-refractivity contribution in [3.63, 3.8) is 0 Å². The van der Waals surface area contributed by atoms with Gasteiger partial charge in [-0.15, -0.1) is 11.6 Å². The van der Waals surface area contributed by atoms with E-state index >= 15 is 0 Å². The number of hydrogen-bond acceptors (Lipinski definition) is 1. The van der Waals surface area contributed by atoms with Crippen LogP contribution in [0, 0.1) is 0 Å². The minimum atomic E-state index is -0.738. The van der Waals surface area contributed by atoms with E-state index in [2.05, 4.69) is 0 Å². The molecular formula is C17H15Cl2NO. The van der Waals surface area contributed by atoms with Crippen molar-refractivity contribution in [2.75, 3.05) is 17.8 Å². The fourth-order valence-electron chi connectivity index (χ4n) is 3.02. The molecule has 0 saturated heterocycles. The van der Waals surface area contributed by atoms with Gasteiger partial charge in [0.25, 0.3) is 0 Å². The number of carbonyl (C=O) groups excluding carboxylic acids is 1. The third-order valence-corrected chi connectivity index (χ3v) is 4.82. The fourth-order valence-corrected chi connectivity index (χ4v) is 3.55. The second-order valence-electron chi connectivity index (χ2n) is 5.40. The van der Waals surface area contributed by atoms with Crippen molar-refractivity contribution in [2.45, 2.75) is 11.8 Å². The molecule has 2 aromatic carbocycles. The number of hydrogen-bond donors (Lipinski definition) is 0. The van der Waals surface area contributed by atoms with Crippen molar-refractivity contribution in [3.8, 4) is 0 Å². The molecule has 1 unspecified atom stereocenters. The highest BCUT2D eigenvalue weighted by molar-refractivity contribution is 6.31. The molecule has 0 aromatic heterocycles. The molecule has 2 aromatic rings. The number of halogens is 2. The average molecular weight is 320 g/mol. The summed E-state index contributed by atoms with van der Waals surface area (Å²) in [4.78, 5) is 14.5. The topological polar surface area (TPSA) is 20.3 Å². The lowest BCUT2D eigenvalue weighted by Crippen LogP contribution is -2.42. The van der Waals surface area contributed by atoms with Crippen LogP contribution >= 0.6 is 23.2 Å². The lowest BCUT2D eigenvalue weighted by Gasteiger charge is -2.26. The summed E-state index contributed by atoms with van der Waals surface area (Å²) >= 11 is 12.4. The Morgan fingerprint density at radius 2 is 1.86 bits per heavy atom. The third-order valence-electron chi connectivity index (χ3n) is 4.13. The van der Waals surface area contributed by atoms with Crippen LogP contribution in [-0.4, -0.2) is 18.8 Å². The molecule has 0 bridgehead atoms. The van der Waals surface area contributed by atoms with Crippen LogP contribution in [-0.2, 0) is 16.6 Å². The van der Waals surface area contributed by atoms with Gasteiger partial charge in [0.2, 0.25) is 5.91 Å². The van der Waals surface area contributed by atoms with E-state index in [1.54, 1.807) is 18.0 Å². The van der Waals surface area contributed by atoms with Crippen LogP contribution in [0.1, 0.15) is 11.1 Å². The monoisotopic (exact) mass is 319 g/mol. The fraction of sp³-hybridized carbons (Fsp3) is 0.235. The van der Waals surface area contributed by atoms with Crippen molar-refractivity contribution >= 4 is 34.8 Å². The first-order valence-electron chi connectivity index (χ1n) is 6.76. The molecule has 0 aliphatic carbocycles. The van der Waals surface area contributed by atoms with Gasteiger partial charge in [-0.05, 0) is 35.7 Å². The summed E-state index contributed by atoms with van der Waals surface area (Å²) in [6, 6.07) is 15.5. The molecule has 0 N–H and O–H groups in total. The summed E-state index contributed by atoms with van der Waals surface area (Å²) in [6.45, 7) is 0. The van der Waals surface area contributed by atoms with E-state index in [0.717, 1.165) is 16.8 Å². The SMILES string of the molecule is CN1C(=O)C(CCl)(Cc2ccccc2)c2cc(Cl)ccc21. The first-order chi connectivity index (χ1) is 10.1. The highest BCUT2D eigenvalue weighted by Gasteiger charge is 2.49. The summed E-state index contributed by atoms with van der Waals surface area (Å²) in [5.74, 6) is 0.261. The largest absolute Gasteiger partial charge is 0.314 e. The average Bonchev–Trinajstić information content (AvgIpc) is 2.70. The third kappa shape index (κ3) is 2.23. The normalized spacial score (nSPS) is 20.7. The highest BCUT2D eigenvalue weighted by atomic mass is 35.5. The number of benzene rings is 2. The molecule has 21 heavy (non-hydrogen) atoms. The van der Waals surface area contributed by atoms with Gasteiger partial charge in [0, 0.05) is 23.6 Å². The van der Waals surface area contributed by atoms with E-state index < -0.39 is 5.41 Å². The molecule has 4 heteroatoms. The molecule has 1 heterocycles. The molecule has 0 saturated carbocycles. The number of carbonyl (C=O) groups is 1. The predicted molar refractivity (Wildman–Crippen MR) is 87.4 cm³/mol. The zero-order chi connectivity index (χ0) is 15.0. The first-order valence-corrected chi connectivity index (χ1v) is 7.68. The number of amides is 1. The van der Waals surface area contributed by atoms with E-state index in [1.165, 1.54) is 0 Å². The van der Waals surface area contributed by atoms with E-state index in [-0.39, 0.29) is 11.8 Å². The van der Waals surface area contributed by atoms with Gasteiger partial charge < -0.3 is 4.90 Å². The quantitative estimate of drug-likeness (QED) is 0.782. The molecule has 1 amide bonds. The van der Waals surface area contributed by atoms with Crippen molar-refractivity contribution in [3.05, 3.63) is 64.7 Å². The van der Waals surface area contributed by atoms with E-state index in [9.17, 15) is 4.79 Å². The van der Waals surface area contributed by atoms with Gasteiger partial charge in [0.05, 0.1) is 5.41 Å². The molecule has 0 spiro atoms. The zero-order valence-electron chi connectivity index (χ0n) is 11.6. The molecular weight excluding hydrogens is 305 g/mol. The maximum Gasteiger partial charge on any atom is 0.239 e. The van der Waals surface area contributed by atoms with Crippen LogP contribution in [0.4, 0.5) is 5.69 Å². The summed E-state index contributed by atoms with van der Waals surface area (Å²) in [5, 5.41) is 0.624. The van der Waals surface area contributed by atoms with E-state index in [1.807, 2.05) is 42.5 Å². The van der Waals surface area contributed by atoms with Gasteiger partial charge >= 0.3 is 0 Å². The Balaban J connectivity index is 2.14. The summed E-state index contributed by atoms with van der Waals surface area (Å²) < 4.78 is 0. The number of likely N-dealkylation sites (N-methyl/N-ethyl adjacent to an activating group) is 1.